The molecule has 0 radical (unpaired) electrons. The Morgan fingerprint density at radius 3 is 2.50 bits per heavy atom. The molecule has 1 saturated heterocycles. The van der Waals surface area contributed by atoms with Crippen molar-refractivity contribution in [2.24, 2.45) is 0 Å². The summed E-state index contributed by atoms with van der Waals surface area (Å²) in [6.07, 6.45) is 4.25. The van der Waals surface area contributed by atoms with Gasteiger partial charge in [0, 0.05) is 13.0 Å². The van der Waals surface area contributed by atoms with Gasteiger partial charge in [-0.2, -0.15) is 0 Å². The monoisotopic (exact) mass is 298 g/mol. The molecule has 1 fully saturated rings. The van der Waals surface area contributed by atoms with Crippen molar-refractivity contribution in [2.45, 2.75) is 70.8 Å². The van der Waals surface area contributed by atoms with Crippen molar-refractivity contribution < 1.29 is 13.9 Å². The first-order valence-corrected chi connectivity index (χ1v) is 10.1. The maximum absolute atomic E-state index is 6.09. The molecule has 2 rings (SSSR count). The number of hydrogen-bond acceptors (Lipinski definition) is 3. The van der Waals surface area contributed by atoms with Gasteiger partial charge < -0.3 is 13.9 Å². The van der Waals surface area contributed by atoms with Gasteiger partial charge in [0.2, 0.25) is 0 Å². The van der Waals surface area contributed by atoms with E-state index in [2.05, 4.69) is 34.2 Å². The predicted octanol–water partition coefficient (Wildman–Crippen LogP) is 3.79. The van der Waals surface area contributed by atoms with Crippen LogP contribution in [0.3, 0.4) is 0 Å². The van der Waals surface area contributed by atoms with Gasteiger partial charge in [-0.05, 0) is 43.3 Å². The van der Waals surface area contributed by atoms with Crippen LogP contribution in [0.1, 0.15) is 53.4 Å². The molecule has 116 valence electrons. The first-order valence-electron chi connectivity index (χ1n) is 7.94. The Morgan fingerprint density at radius 1 is 1.25 bits per heavy atom. The van der Waals surface area contributed by atoms with Crippen LogP contribution in [0.2, 0.25) is 11.6 Å². The van der Waals surface area contributed by atoms with Gasteiger partial charge in [-0.1, -0.05) is 26.3 Å². The Bertz CT molecular complexity index is 364. The summed E-state index contributed by atoms with van der Waals surface area (Å²) in [5.74, 6) is -0.364. The molecule has 0 bridgehead atoms. The molecular weight excluding hydrogens is 268 g/mol. The topological polar surface area (TPSA) is 27.7 Å². The molecule has 1 spiro atoms. The summed E-state index contributed by atoms with van der Waals surface area (Å²) in [5.41, 5.74) is 2.86. The highest BCUT2D eigenvalue weighted by Crippen LogP contribution is 2.43. The van der Waals surface area contributed by atoms with Crippen molar-refractivity contribution in [1.29, 1.82) is 0 Å². The van der Waals surface area contributed by atoms with Gasteiger partial charge >= 0.3 is 0 Å². The molecule has 20 heavy (non-hydrogen) atoms. The molecule has 1 unspecified atom stereocenters. The molecule has 1 atom stereocenters. The van der Waals surface area contributed by atoms with Gasteiger partial charge in [0.15, 0.2) is 14.8 Å². The van der Waals surface area contributed by atoms with Gasteiger partial charge in [-0.15, -0.1) is 0 Å². The van der Waals surface area contributed by atoms with E-state index in [0.717, 1.165) is 45.5 Å². The maximum Gasteiger partial charge on any atom is 0.191 e. The molecule has 0 aromatic heterocycles. The molecule has 0 N–H and O–H groups in total. The zero-order chi connectivity index (χ0) is 14.8. The zero-order valence-corrected chi connectivity index (χ0v) is 14.9. The molecule has 1 aliphatic heterocycles. The highest BCUT2D eigenvalue weighted by atomic mass is 28.3. The van der Waals surface area contributed by atoms with Gasteiger partial charge in [0.05, 0.1) is 13.2 Å². The van der Waals surface area contributed by atoms with Gasteiger partial charge in [-0.3, -0.25) is 0 Å². The van der Waals surface area contributed by atoms with Crippen LogP contribution in [-0.4, -0.2) is 34.6 Å². The van der Waals surface area contributed by atoms with Crippen molar-refractivity contribution in [3.05, 3.63) is 11.1 Å². The van der Waals surface area contributed by atoms with Crippen LogP contribution in [0.15, 0.2) is 11.1 Å². The lowest BCUT2D eigenvalue weighted by Crippen LogP contribution is -2.30. The van der Waals surface area contributed by atoms with E-state index in [-0.39, 0.29) is 5.79 Å². The molecule has 2 aliphatic rings. The van der Waals surface area contributed by atoms with Crippen LogP contribution in [0.4, 0.5) is 0 Å². The Balaban J connectivity index is 1.80. The van der Waals surface area contributed by atoms with E-state index < -0.39 is 9.04 Å². The third-order valence-corrected chi connectivity index (χ3v) is 7.89. The summed E-state index contributed by atoms with van der Waals surface area (Å²) in [4.78, 5) is 0. The highest BCUT2D eigenvalue weighted by molar-refractivity contribution is 6.53. The van der Waals surface area contributed by atoms with Crippen LogP contribution in [0, 0.1) is 0 Å². The molecule has 3 nitrogen and oxygen atoms in total. The minimum atomic E-state index is -1.09. The van der Waals surface area contributed by atoms with E-state index in [4.69, 9.17) is 13.9 Å². The zero-order valence-electron chi connectivity index (χ0n) is 13.8. The Kier molecular flexibility index (Phi) is 5.11. The minimum absolute atomic E-state index is 0.349. The second-order valence-corrected chi connectivity index (χ2v) is 10.5. The summed E-state index contributed by atoms with van der Waals surface area (Å²) in [7, 11) is -1.09. The Labute approximate surface area is 125 Å². The summed E-state index contributed by atoms with van der Waals surface area (Å²) in [6, 6.07) is 0. The summed E-state index contributed by atoms with van der Waals surface area (Å²) < 4.78 is 17.9. The third kappa shape index (κ3) is 3.53. The molecule has 0 aromatic rings. The molecule has 0 amide bonds. The molecule has 0 aromatic carbocycles. The smallest absolute Gasteiger partial charge is 0.191 e. The first kappa shape index (κ1) is 16.2. The van der Waals surface area contributed by atoms with E-state index in [0.29, 0.717) is 5.04 Å². The first-order chi connectivity index (χ1) is 9.35. The van der Waals surface area contributed by atoms with Gasteiger partial charge in [0.1, 0.15) is 0 Å². The second kappa shape index (κ2) is 6.30. The van der Waals surface area contributed by atoms with Crippen molar-refractivity contribution in [1.82, 2.24) is 0 Å². The average molecular weight is 298 g/mol. The molecular formula is C16H30O3Si. The fourth-order valence-corrected chi connectivity index (χ4v) is 3.94. The van der Waals surface area contributed by atoms with Gasteiger partial charge in [-0.25, -0.2) is 0 Å². The highest BCUT2D eigenvalue weighted by Gasteiger charge is 2.44. The lowest BCUT2D eigenvalue weighted by atomic mass is 10.0. The minimum Gasteiger partial charge on any atom is -0.420 e. The van der Waals surface area contributed by atoms with Crippen LogP contribution < -0.4 is 0 Å². The third-order valence-electron chi connectivity index (χ3n) is 4.72. The summed E-state index contributed by atoms with van der Waals surface area (Å²) >= 11 is 0. The van der Waals surface area contributed by atoms with Crippen molar-refractivity contribution >= 4 is 9.04 Å². The molecule has 0 saturated carbocycles. The SMILES string of the molecule is CC1=C(CCCO[SiH](C)C(C)(C)C)C2(CC1)OCCO2. The standard InChI is InChI=1S/C16H30O3Si/c1-13-8-9-16(17-11-12-18-16)14(13)7-6-10-19-20(5)15(2,3)4/h20H,6-12H2,1-5H3. The van der Waals surface area contributed by atoms with E-state index in [1.54, 1.807) is 0 Å². The van der Waals surface area contributed by atoms with Crippen molar-refractivity contribution in [2.75, 3.05) is 19.8 Å². The fraction of sp³-hybridized carbons (Fsp3) is 0.875. The fourth-order valence-electron chi connectivity index (χ4n) is 2.92. The normalized spacial score (nSPS) is 23.9. The number of hydrogen-bond donors (Lipinski definition) is 0. The van der Waals surface area contributed by atoms with Crippen LogP contribution >= 0.6 is 0 Å². The Morgan fingerprint density at radius 2 is 1.90 bits per heavy atom. The van der Waals surface area contributed by atoms with E-state index in [1.165, 1.54) is 11.1 Å². The van der Waals surface area contributed by atoms with Crippen LogP contribution in [-0.2, 0) is 13.9 Å². The van der Waals surface area contributed by atoms with E-state index in [9.17, 15) is 0 Å². The van der Waals surface area contributed by atoms with Crippen LogP contribution in [0.25, 0.3) is 0 Å². The second-order valence-electron chi connectivity index (χ2n) is 7.19. The number of ether oxygens (including phenoxy) is 2. The predicted molar refractivity (Wildman–Crippen MR) is 84.5 cm³/mol. The lowest BCUT2D eigenvalue weighted by molar-refractivity contribution is -0.125. The molecule has 1 aliphatic carbocycles. The van der Waals surface area contributed by atoms with Gasteiger partial charge in [0.25, 0.3) is 0 Å². The maximum atomic E-state index is 6.09. The van der Waals surface area contributed by atoms with Crippen molar-refractivity contribution in [3.63, 3.8) is 0 Å². The quantitative estimate of drug-likeness (QED) is 0.439. The Hall–Kier alpha value is -0.163. The van der Waals surface area contributed by atoms with Crippen LogP contribution in [0.5, 0.6) is 0 Å². The van der Waals surface area contributed by atoms with Crippen molar-refractivity contribution in [3.8, 4) is 0 Å². The number of rotatable bonds is 5. The van der Waals surface area contributed by atoms with E-state index >= 15 is 0 Å². The molecule has 4 heteroatoms. The van der Waals surface area contributed by atoms with E-state index in [1.807, 2.05) is 0 Å². The molecule has 1 heterocycles. The number of allylic oxidation sites excluding steroid dienone is 1. The average Bonchev–Trinajstić information content (AvgIpc) is 2.95. The summed E-state index contributed by atoms with van der Waals surface area (Å²) in [5, 5.41) is 0.349. The largest absolute Gasteiger partial charge is 0.420 e. The lowest BCUT2D eigenvalue weighted by Gasteiger charge is -2.27. The summed E-state index contributed by atoms with van der Waals surface area (Å²) in [6.45, 7) is 13.7.